The van der Waals surface area contributed by atoms with Gasteiger partial charge >= 0.3 is 12.1 Å². The van der Waals surface area contributed by atoms with Gasteiger partial charge in [-0.3, -0.25) is 4.79 Å². The molecule has 7 heteroatoms. The summed E-state index contributed by atoms with van der Waals surface area (Å²) in [7, 11) is 0. The van der Waals surface area contributed by atoms with Gasteiger partial charge in [0.2, 0.25) is 0 Å². The molecule has 0 radical (unpaired) electrons. The average Bonchev–Trinajstić information content (AvgIpc) is 2.18. The molecule has 1 aromatic heterocycles. The Labute approximate surface area is 99.2 Å². The van der Waals surface area contributed by atoms with Crippen molar-refractivity contribution in [1.29, 1.82) is 0 Å². The number of carboxylic acid groups (broad SMARTS) is 1. The summed E-state index contributed by atoms with van der Waals surface area (Å²) in [5, 5.41) is 7.63. The molecule has 0 saturated heterocycles. The SMILES string of the molecule is O=C(O)CC#Cc1cnc(Cl)c(C(F)(F)F)c1. The summed E-state index contributed by atoms with van der Waals surface area (Å²) in [6, 6.07) is 0.726. The maximum absolute atomic E-state index is 12.4. The smallest absolute Gasteiger partial charge is 0.419 e. The number of hydrogen-bond donors (Lipinski definition) is 1. The molecule has 3 nitrogen and oxygen atoms in total. The van der Waals surface area contributed by atoms with Crippen molar-refractivity contribution in [3.63, 3.8) is 0 Å². The number of rotatable bonds is 1. The second-order valence-corrected chi connectivity index (χ2v) is 3.29. The molecule has 1 aromatic rings. The third-order valence-electron chi connectivity index (χ3n) is 1.62. The van der Waals surface area contributed by atoms with Gasteiger partial charge in [-0.05, 0) is 6.07 Å². The summed E-state index contributed by atoms with van der Waals surface area (Å²) in [5.74, 6) is 3.31. The Morgan fingerprint density at radius 1 is 1.53 bits per heavy atom. The van der Waals surface area contributed by atoms with E-state index in [1.54, 1.807) is 0 Å². The highest BCUT2D eigenvalue weighted by Gasteiger charge is 2.34. The van der Waals surface area contributed by atoms with Gasteiger partial charge in [0.05, 0.1) is 5.56 Å². The number of alkyl halides is 3. The lowest BCUT2D eigenvalue weighted by atomic mass is 10.2. The third-order valence-corrected chi connectivity index (χ3v) is 1.92. The van der Waals surface area contributed by atoms with E-state index >= 15 is 0 Å². The number of aliphatic carboxylic acids is 1. The van der Waals surface area contributed by atoms with Crippen LogP contribution in [0.1, 0.15) is 17.5 Å². The van der Waals surface area contributed by atoms with E-state index in [9.17, 15) is 18.0 Å². The summed E-state index contributed by atoms with van der Waals surface area (Å²) in [6.07, 6.45) is -4.02. The zero-order chi connectivity index (χ0) is 13.1. The molecule has 1 rings (SSSR count). The van der Waals surface area contributed by atoms with Crippen LogP contribution in [0.15, 0.2) is 12.3 Å². The fourth-order valence-electron chi connectivity index (χ4n) is 0.937. The summed E-state index contributed by atoms with van der Waals surface area (Å²) in [4.78, 5) is 13.5. The van der Waals surface area contributed by atoms with Crippen LogP contribution in [0.4, 0.5) is 13.2 Å². The topological polar surface area (TPSA) is 50.2 Å². The second kappa shape index (κ2) is 5.06. The Hall–Kier alpha value is -1.74. The van der Waals surface area contributed by atoms with Gasteiger partial charge in [-0.2, -0.15) is 13.2 Å². The Kier molecular flexibility index (Phi) is 3.97. The zero-order valence-electron chi connectivity index (χ0n) is 8.18. The lowest BCUT2D eigenvalue weighted by molar-refractivity contribution is -0.138. The normalized spacial score (nSPS) is 10.6. The number of hydrogen-bond acceptors (Lipinski definition) is 2. The van der Waals surface area contributed by atoms with Crippen LogP contribution in [0.2, 0.25) is 5.15 Å². The van der Waals surface area contributed by atoms with Crippen molar-refractivity contribution in [1.82, 2.24) is 4.98 Å². The molecule has 0 spiro atoms. The molecular weight excluding hydrogens is 259 g/mol. The van der Waals surface area contributed by atoms with Crippen molar-refractivity contribution in [2.75, 3.05) is 0 Å². The Bertz CT molecular complexity index is 502. The van der Waals surface area contributed by atoms with Gasteiger partial charge < -0.3 is 5.11 Å². The van der Waals surface area contributed by atoms with Crippen LogP contribution in [0.5, 0.6) is 0 Å². The molecule has 0 saturated carbocycles. The van der Waals surface area contributed by atoms with Crippen molar-refractivity contribution in [3.8, 4) is 11.8 Å². The van der Waals surface area contributed by atoms with Gasteiger partial charge in [0.15, 0.2) is 0 Å². The van der Waals surface area contributed by atoms with Gasteiger partial charge in [0.25, 0.3) is 0 Å². The maximum atomic E-state index is 12.4. The van der Waals surface area contributed by atoms with E-state index in [2.05, 4.69) is 16.8 Å². The zero-order valence-corrected chi connectivity index (χ0v) is 8.93. The molecule has 1 N–H and O–H groups in total. The highest BCUT2D eigenvalue weighted by molar-refractivity contribution is 6.30. The number of aromatic nitrogens is 1. The van der Waals surface area contributed by atoms with E-state index in [1.165, 1.54) is 0 Å². The van der Waals surface area contributed by atoms with Gasteiger partial charge in [-0.1, -0.05) is 23.4 Å². The fraction of sp³-hybridized carbons (Fsp3) is 0.200. The summed E-state index contributed by atoms with van der Waals surface area (Å²) < 4.78 is 37.2. The summed E-state index contributed by atoms with van der Waals surface area (Å²) in [6.45, 7) is 0. The first-order valence-electron chi connectivity index (χ1n) is 4.24. The highest BCUT2D eigenvalue weighted by Crippen LogP contribution is 2.33. The van der Waals surface area contributed by atoms with Crippen molar-refractivity contribution in [3.05, 3.63) is 28.5 Å². The molecule has 0 bridgehead atoms. The standard InChI is InChI=1S/C10H5ClF3NO2/c11-9-7(10(12,13)14)4-6(5-15-9)2-1-3-8(16)17/h4-5H,3H2,(H,16,17). The van der Waals surface area contributed by atoms with Crippen LogP contribution >= 0.6 is 11.6 Å². The predicted molar refractivity (Wildman–Crippen MR) is 53.4 cm³/mol. The number of carboxylic acids is 1. The molecular formula is C10H5ClF3NO2. The minimum absolute atomic E-state index is 0.0389. The summed E-state index contributed by atoms with van der Waals surface area (Å²) >= 11 is 5.29. The molecule has 0 amide bonds. The number of nitrogens with zero attached hydrogens (tertiary/aromatic N) is 1. The fourth-order valence-corrected chi connectivity index (χ4v) is 1.15. The molecule has 1 heterocycles. The van der Waals surface area contributed by atoms with Gasteiger partial charge in [0.1, 0.15) is 11.6 Å². The highest BCUT2D eigenvalue weighted by atomic mass is 35.5. The van der Waals surface area contributed by atoms with E-state index in [0.29, 0.717) is 0 Å². The molecule has 0 atom stereocenters. The molecule has 0 fully saturated rings. The van der Waals surface area contributed by atoms with Crippen molar-refractivity contribution < 1.29 is 23.1 Å². The number of carbonyl (C=O) groups is 1. The molecule has 90 valence electrons. The number of halogens is 4. The molecule has 0 aliphatic heterocycles. The predicted octanol–water partition coefficient (Wildman–Crippen LogP) is 2.58. The molecule has 0 unspecified atom stereocenters. The number of pyridine rings is 1. The monoisotopic (exact) mass is 263 g/mol. The van der Waals surface area contributed by atoms with Crippen molar-refractivity contribution >= 4 is 17.6 Å². The second-order valence-electron chi connectivity index (χ2n) is 2.93. The third kappa shape index (κ3) is 3.96. The van der Waals surface area contributed by atoms with E-state index < -0.39 is 29.3 Å². The van der Waals surface area contributed by atoms with E-state index in [4.69, 9.17) is 16.7 Å². The van der Waals surface area contributed by atoms with E-state index in [0.717, 1.165) is 12.3 Å². The Morgan fingerprint density at radius 2 is 2.18 bits per heavy atom. The van der Waals surface area contributed by atoms with Crippen LogP contribution in [0.25, 0.3) is 0 Å². The van der Waals surface area contributed by atoms with Crippen LogP contribution in [0, 0.1) is 11.8 Å². The average molecular weight is 264 g/mol. The van der Waals surface area contributed by atoms with Crippen LogP contribution < -0.4 is 0 Å². The lowest BCUT2D eigenvalue weighted by Crippen LogP contribution is -2.07. The first kappa shape index (κ1) is 13.3. The van der Waals surface area contributed by atoms with Crippen LogP contribution in [0.3, 0.4) is 0 Å². The minimum Gasteiger partial charge on any atom is -0.481 e. The Balaban J connectivity index is 3.04. The van der Waals surface area contributed by atoms with Gasteiger partial charge in [-0.25, -0.2) is 4.98 Å². The summed E-state index contributed by atoms with van der Waals surface area (Å²) in [5.41, 5.74) is -1.13. The first-order valence-corrected chi connectivity index (χ1v) is 4.62. The van der Waals surface area contributed by atoms with Crippen LogP contribution in [-0.4, -0.2) is 16.1 Å². The van der Waals surface area contributed by atoms with Crippen molar-refractivity contribution in [2.45, 2.75) is 12.6 Å². The largest absolute Gasteiger partial charge is 0.481 e. The van der Waals surface area contributed by atoms with Gasteiger partial charge in [0, 0.05) is 11.8 Å². The van der Waals surface area contributed by atoms with E-state index in [-0.39, 0.29) is 5.56 Å². The first-order chi connectivity index (χ1) is 7.80. The minimum atomic E-state index is -4.62. The molecule has 17 heavy (non-hydrogen) atoms. The Morgan fingerprint density at radius 3 is 2.71 bits per heavy atom. The maximum Gasteiger partial charge on any atom is 0.419 e. The molecule has 0 aliphatic rings. The molecule has 0 aromatic carbocycles. The van der Waals surface area contributed by atoms with Crippen molar-refractivity contribution in [2.24, 2.45) is 0 Å². The van der Waals surface area contributed by atoms with Gasteiger partial charge in [-0.15, -0.1) is 0 Å². The lowest BCUT2D eigenvalue weighted by Gasteiger charge is -2.07. The quantitative estimate of drug-likeness (QED) is 0.626. The molecule has 0 aliphatic carbocycles. The van der Waals surface area contributed by atoms with Crippen LogP contribution in [-0.2, 0) is 11.0 Å². The van der Waals surface area contributed by atoms with E-state index in [1.807, 2.05) is 0 Å².